The van der Waals surface area contributed by atoms with Crippen molar-refractivity contribution in [3.8, 4) is 11.5 Å². The molecule has 0 radical (unpaired) electrons. The SMILES string of the molecule is C1=Nc2ccccc2OCc2cccc(c2)COc2ccccc2N=Cc2cccc1c2. The maximum Gasteiger partial charge on any atom is 0.145 e. The van der Waals surface area contributed by atoms with Gasteiger partial charge in [0.25, 0.3) is 0 Å². The molecule has 5 rings (SSSR count). The molecule has 0 unspecified atom stereocenters. The Morgan fingerprint density at radius 1 is 0.500 bits per heavy atom. The number of nitrogens with zero attached hydrogens (tertiary/aromatic N) is 2. The smallest absolute Gasteiger partial charge is 0.145 e. The molecule has 32 heavy (non-hydrogen) atoms. The molecular formula is C28H22N2O2. The normalized spacial score (nSPS) is 13.0. The van der Waals surface area contributed by atoms with E-state index >= 15 is 0 Å². The Hall–Kier alpha value is -4.18. The van der Waals surface area contributed by atoms with Crippen LogP contribution in [0.25, 0.3) is 0 Å². The predicted molar refractivity (Wildman–Crippen MR) is 129 cm³/mol. The first-order chi connectivity index (χ1) is 15.8. The Balaban J connectivity index is 1.55. The van der Waals surface area contributed by atoms with Crippen molar-refractivity contribution >= 4 is 23.8 Å². The van der Waals surface area contributed by atoms with E-state index in [1.807, 2.05) is 91.3 Å². The number of aliphatic imine (C=N–C) groups is 2. The number of para-hydroxylation sites is 4. The van der Waals surface area contributed by atoms with Crippen LogP contribution in [0.2, 0.25) is 0 Å². The molecule has 0 aromatic heterocycles. The maximum absolute atomic E-state index is 6.11. The van der Waals surface area contributed by atoms with Gasteiger partial charge in [0, 0.05) is 12.4 Å². The van der Waals surface area contributed by atoms with Gasteiger partial charge in [-0.3, -0.25) is 9.98 Å². The zero-order valence-corrected chi connectivity index (χ0v) is 17.5. The van der Waals surface area contributed by atoms with Gasteiger partial charge in [-0.25, -0.2) is 0 Å². The fourth-order valence-electron chi connectivity index (χ4n) is 3.51. The van der Waals surface area contributed by atoms with E-state index in [0.29, 0.717) is 13.2 Å². The van der Waals surface area contributed by atoms with Crippen molar-refractivity contribution in [1.29, 1.82) is 0 Å². The fraction of sp³-hybridized carbons (Fsp3) is 0.0714. The van der Waals surface area contributed by atoms with Crippen LogP contribution in [-0.2, 0) is 13.2 Å². The van der Waals surface area contributed by atoms with Crippen molar-refractivity contribution in [3.63, 3.8) is 0 Å². The molecule has 0 spiro atoms. The van der Waals surface area contributed by atoms with E-state index in [4.69, 9.17) is 9.47 Å². The lowest BCUT2D eigenvalue weighted by Crippen LogP contribution is -2.00. The van der Waals surface area contributed by atoms with Crippen LogP contribution in [0.4, 0.5) is 11.4 Å². The summed E-state index contributed by atoms with van der Waals surface area (Å²) >= 11 is 0. The van der Waals surface area contributed by atoms with Gasteiger partial charge >= 0.3 is 0 Å². The first-order valence-electron chi connectivity index (χ1n) is 10.5. The molecule has 1 aliphatic heterocycles. The van der Waals surface area contributed by atoms with Crippen molar-refractivity contribution in [2.45, 2.75) is 13.2 Å². The summed E-state index contributed by atoms with van der Waals surface area (Å²) in [6.45, 7) is 0.910. The van der Waals surface area contributed by atoms with Gasteiger partial charge in [-0.05, 0) is 58.7 Å². The van der Waals surface area contributed by atoms with Crippen molar-refractivity contribution in [3.05, 3.63) is 119 Å². The quantitative estimate of drug-likeness (QED) is 0.320. The molecule has 0 saturated carbocycles. The van der Waals surface area contributed by atoms with E-state index in [1.165, 1.54) is 0 Å². The first-order valence-corrected chi connectivity index (χ1v) is 10.5. The molecule has 4 nitrogen and oxygen atoms in total. The van der Waals surface area contributed by atoms with Crippen LogP contribution in [0.1, 0.15) is 22.3 Å². The number of ether oxygens (including phenoxy) is 2. The van der Waals surface area contributed by atoms with Crippen molar-refractivity contribution in [2.24, 2.45) is 9.98 Å². The third-order valence-corrected chi connectivity index (χ3v) is 5.13. The summed E-state index contributed by atoms with van der Waals surface area (Å²) in [6, 6.07) is 32.0. The largest absolute Gasteiger partial charge is 0.487 e. The highest BCUT2D eigenvalue weighted by molar-refractivity contribution is 5.88. The lowest BCUT2D eigenvalue weighted by atomic mass is 10.1. The Bertz CT molecular complexity index is 1200. The molecule has 1 heterocycles. The van der Waals surface area contributed by atoms with Gasteiger partial charge in [0.15, 0.2) is 0 Å². The Morgan fingerprint density at radius 2 is 1.00 bits per heavy atom. The minimum Gasteiger partial charge on any atom is -0.487 e. The molecule has 0 fully saturated rings. The molecule has 0 saturated heterocycles. The standard InChI is InChI=1S/C28H22N2O2/c1-3-13-27-25(11-1)29-17-21-7-5-8-22(15-21)18-30-26-12-2-4-14-28(26)32-20-24-10-6-9-23(16-24)19-31-27/h1-18H,19-20H2. The topological polar surface area (TPSA) is 43.2 Å². The van der Waals surface area contributed by atoms with Crippen LogP contribution in [-0.4, -0.2) is 12.4 Å². The van der Waals surface area contributed by atoms with Crippen molar-refractivity contribution in [2.75, 3.05) is 0 Å². The summed E-state index contributed by atoms with van der Waals surface area (Å²) in [5, 5.41) is 0. The average Bonchev–Trinajstić information content (AvgIpc) is 2.85. The van der Waals surface area contributed by atoms with Gasteiger partial charge in [-0.15, -0.1) is 0 Å². The van der Waals surface area contributed by atoms with Crippen LogP contribution in [0.5, 0.6) is 11.5 Å². The minimum absolute atomic E-state index is 0.455. The third-order valence-electron chi connectivity index (χ3n) is 5.13. The molecule has 0 N–H and O–H groups in total. The molecule has 4 bridgehead atoms. The van der Waals surface area contributed by atoms with Crippen molar-refractivity contribution in [1.82, 2.24) is 0 Å². The molecule has 1 aliphatic rings. The van der Waals surface area contributed by atoms with Crippen LogP contribution in [0.3, 0.4) is 0 Å². The molecule has 4 heteroatoms. The van der Waals surface area contributed by atoms with E-state index in [2.05, 4.69) is 28.2 Å². The number of hydrogen-bond acceptors (Lipinski definition) is 4. The van der Waals surface area contributed by atoms with Crippen LogP contribution < -0.4 is 9.47 Å². The van der Waals surface area contributed by atoms with Gasteiger partial charge in [0.1, 0.15) is 36.1 Å². The molecule has 0 aliphatic carbocycles. The number of benzene rings is 4. The van der Waals surface area contributed by atoms with Gasteiger partial charge in [-0.1, -0.05) is 60.7 Å². The van der Waals surface area contributed by atoms with Gasteiger partial charge < -0.3 is 9.47 Å². The molecular weight excluding hydrogens is 396 g/mol. The monoisotopic (exact) mass is 418 g/mol. The second-order valence-corrected chi connectivity index (χ2v) is 7.52. The Labute approximate surface area is 187 Å². The number of rotatable bonds is 0. The summed E-state index contributed by atoms with van der Waals surface area (Å²) in [5.41, 5.74) is 5.71. The highest BCUT2D eigenvalue weighted by atomic mass is 16.5. The summed E-state index contributed by atoms with van der Waals surface area (Å²) < 4.78 is 12.2. The van der Waals surface area contributed by atoms with Crippen LogP contribution in [0, 0.1) is 0 Å². The van der Waals surface area contributed by atoms with Crippen LogP contribution in [0.15, 0.2) is 107 Å². The minimum atomic E-state index is 0.455. The van der Waals surface area contributed by atoms with Gasteiger partial charge in [0.2, 0.25) is 0 Å². The third kappa shape index (κ3) is 4.76. The average molecular weight is 418 g/mol. The highest BCUT2D eigenvalue weighted by Gasteiger charge is 2.06. The lowest BCUT2D eigenvalue weighted by molar-refractivity contribution is 0.301. The van der Waals surface area contributed by atoms with E-state index in [1.54, 1.807) is 0 Å². The van der Waals surface area contributed by atoms with E-state index < -0.39 is 0 Å². The molecule has 0 atom stereocenters. The molecule has 4 aromatic rings. The lowest BCUT2D eigenvalue weighted by Gasteiger charge is -2.12. The summed E-state index contributed by atoms with van der Waals surface area (Å²) in [5.74, 6) is 1.50. The van der Waals surface area contributed by atoms with Crippen LogP contribution >= 0.6 is 0 Å². The van der Waals surface area contributed by atoms with E-state index in [0.717, 1.165) is 45.1 Å². The van der Waals surface area contributed by atoms with E-state index in [9.17, 15) is 0 Å². The maximum atomic E-state index is 6.11. The number of hydrogen-bond donors (Lipinski definition) is 0. The first kappa shape index (κ1) is 19.8. The summed E-state index contributed by atoms with van der Waals surface area (Å²) in [7, 11) is 0. The van der Waals surface area contributed by atoms with E-state index in [-0.39, 0.29) is 0 Å². The number of fused-ring (bicyclic) bond motifs is 6. The van der Waals surface area contributed by atoms with Crippen molar-refractivity contribution < 1.29 is 9.47 Å². The molecule has 0 amide bonds. The zero-order valence-electron chi connectivity index (χ0n) is 17.5. The summed E-state index contributed by atoms with van der Waals surface area (Å²) in [6.07, 6.45) is 3.70. The highest BCUT2D eigenvalue weighted by Crippen LogP contribution is 2.29. The molecule has 156 valence electrons. The second kappa shape index (κ2) is 9.31. The Morgan fingerprint density at radius 3 is 1.56 bits per heavy atom. The Kier molecular flexibility index (Phi) is 5.75. The van der Waals surface area contributed by atoms with Gasteiger partial charge in [-0.2, -0.15) is 0 Å². The second-order valence-electron chi connectivity index (χ2n) is 7.52. The van der Waals surface area contributed by atoms with Gasteiger partial charge in [0.05, 0.1) is 0 Å². The molecule has 4 aromatic carbocycles. The fourth-order valence-corrected chi connectivity index (χ4v) is 3.51. The zero-order chi connectivity index (χ0) is 21.6. The summed E-state index contributed by atoms with van der Waals surface area (Å²) in [4.78, 5) is 9.35. The predicted octanol–water partition coefficient (Wildman–Crippen LogP) is 6.66.